The fourth-order valence-corrected chi connectivity index (χ4v) is 2.88. The molecule has 0 aliphatic carbocycles. The zero-order valence-corrected chi connectivity index (χ0v) is 13.9. The average Bonchev–Trinajstić information content (AvgIpc) is 2.44. The van der Waals surface area contributed by atoms with Crippen molar-refractivity contribution in [3.63, 3.8) is 0 Å². The molecule has 2 amide bonds. The Hall–Kier alpha value is -1.59. The predicted molar refractivity (Wildman–Crippen MR) is 83.3 cm³/mol. The van der Waals surface area contributed by atoms with E-state index in [-0.39, 0.29) is 24.3 Å². The number of carboxylic acids is 1. The molecule has 0 radical (unpaired) electrons. The molecular weight excluding hydrogens is 284 g/mol. The Morgan fingerprint density at radius 1 is 1.32 bits per heavy atom. The lowest BCUT2D eigenvalue weighted by Gasteiger charge is -2.37. The molecule has 126 valence electrons. The van der Waals surface area contributed by atoms with E-state index in [0.717, 1.165) is 12.8 Å². The summed E-state index contributed by atoms with van der Waals surface area (Å²) in [6, 6.07) is -0.529. The van der Waals surface area contributed by atoms with E-state index in [1.807, 2.05) is 20.8 Å². The van der Waals surface area contributed by atoms with E-state index in [0.29, 0.717) is 32.4 Å². The first-order valence-corrected chi connectivity index (χ1v) is 8.16. The van der Waals surface area contributed by atoms with E-state index >= 15 is 0 Å². The third-order valence-electron chi connectivity index (χ3n) is 3.85. The summed E-state index contributed by atoms with van der Waals surface area (Å²) in [6.45, 7) is 6.62. The lowest BCUT2D eigenvalue weighted by molar-refractivity contribution is -0.151. The molecule has 1 unspecified atom stereocenters. The van der Waals surface area contributed by atoms with Crippen LogP contribution in [0.15, 0.2) is 0 Å². The summed E-state index contributed by atoms with van der Waals surface area (Å²) in [6.07, 6.45) is 3.52. The summed E-state index contributed by atoms with van der Waals surface area (Å²) >= 11 is 0. The van der Waals surface area contributed by atoms with E-state index in [1.165, 1.54) is 4.90 Å². The van der Waals surface area contributed by atoms with Gasteiger partial charge in [0.2, 0.25) is 11.8 Å². The van der Waals surface area contributed by atoms with Gasteiger partial charge in [0, 0.05) is 19.5 Å². The van der Waals surface area contributed by atoms with Gasteiger partial charge >= 0.3 is 5.97 Å². The van der Waals surface area contributed by atoms with E-state index in [1.54, 1.807) is 4.90 Å². The molecule has 0 bridgehead atoms. The van der Waals surface area contributed by atoms with Crippen molar-refractivity contribution >= 4 is 17.8 Å². The van der Waals surface area contributed by atoms with Crippen molar-refractivity contribution in [3.8, 4) is 0 Å². The normalized spacial score (nSPS) is 16.7. The van der Waals surface area contributed by atoms with Crippen molar-refractivity contribution < 1.29 is 19.5 Å². The van der Waals surface area contributed by atoms with Crippen LogP contribution < -0.4 is 0 Å². The average molecular weight is 312 g/mol. The fraction of sp³-hybridized carbons (Fsp3) is 0.812. The highest BCUT2D eigenvalue weighted by molar-refractivity contribution is 5.89. The van der Waals surface area contributed by atoms with Crippen LogP contribution in [0.25, 0.3) is 0 Å². The third-order valence-corrected chi connectivity index (χ3v) is 3.85. The molecule has 1 aliphatic rings. The van der Waals surface area contributed by atoms with Gasteiger partial charge in [-0.25, -0.2) is 0 Å². The van der Waals surface area contributed by atoms with Crippen LogP contribution >= 0.6 is 0 Å². The third kappa shape index (κ3) is 5.31. The van der Waals surface area contributed by atoms with Gasteiger partial charge in [0.1, 0.15) is 12.6 Å². The number of carbonyl (C=O) groups is 3. The molecule has 1 heterocycles. The molecule has 0 spiro atoms. The highest BCUT2D eigenvalue weighted by Gasteiger charge is 2.34. The fourth-order valence-electron chi connectivity index (χ4n) is 2.88. The lowest BCUT2D eigenvalue weighted by Crippen LogP contribution is -2.53. The highest BCUT2D eigenvalue weighted by Crippen LogP contribution is 2.20. The van der Waals surface area contributed by atoms with Gasteiger partial charge in [-0.2, -0.15) is 0 Å². The van der Waals surface area contributed by atoms with Crippen LogP contribution in [0.3, 0.4) is 0 Å². The minimum Gasteiger partial charge on any atom is -0.480 e. The zero-order valence-electron chi connectivity index (χ0n) is 13.9. The Labute approximate surface area is 132 Å². The number of rotatable bonds is 8. The summed E-state index contributed by atoms with van der Waals surface area (Å²) in [4.78, 5) is 39.0. The van der Waals surface area contributed by atoms with Crippen LogP contribution in [0.2, 0.25) is 0 Å². The minimum atomic E-state index is -1.02. The Kier molecular flexibility index (Phi) is 7.35. The number of piperidine rings is 1. The molecule has 1 N–H and O–H groups in total. The largest absolute Gasteiger partial charge is 0.480 e. The first kappa shape index (κ1) is 18.5. The monoisotopic (exact) mass is 312 g/mol. The zero-order chi connectivity index (χ0) is 16.7. The Morgan fingerprint density at radius 2 is 2.00 bits per heavy atom. The molecule has 0 saturated carbocycles. The van der Waals surface area contributed by atoms with Crippen LogP contribution in [-0.2, 0) is 14.4 Å². The maximum absolute atomic E-state index is 12.8. The smallest absolute Gasteiger partial charge is 0.323 e. The van der Waals surface area contributed by atoms with Crippen molar-refractivity contribution in [3.05, 3.63) is 0 Å². The quantitative estimate of drug-likeness (QED) is 0.740. The summed E-state index contributed by atoms with van der Waals surface area (Å²) in [5.74, 6) is -0.975. The second-order valence-electron chi connectivity index (χ2n) is 6.34. The van der Waals surface area contributed by atoms with Crippen LogP contribution in [0.1, 0.15) is 52.9 Å². The van der Waals surface area contributed by atoms with Crippen molar-refractivity contribution in [1.82, 2.24) is 9.80 Å². The van der Waals surface area contributed by atoms with Crippen molar-refractivity contribution in [2.24, 2.45) is 5.92 Å². The maximum Gasteiger partial charge on any atom is 0.323 e. The van der Waals surface area contributed by atoms with Gasteiger partial charge in [-0.15, -0.1) is 0 Å². The topological polar surface area (TPSA) is 77.9 Å². The molecule has 1 rings (SSSR count). The van der Waals surface area contributed by atoms with E-state index in [9.17, 15) is 14.4 Å². The number of carboxylic acid groups (broad SMARTS) is 1. The number of amides is 2. The first-order chi connectivity index (χ1) is 10.4. The molecule has 1 aliphatic heterocycles. The summed E-state index contributed by atoms with van der Waals surface area (Å²) in [5.41, 5.74) is 0. The summed E-state index contributed by atoms with van der Waals surface area (Å²) in [5, 5.41) is 9.01. The molecule has 1 atom stereocenters. The second kappa shape index (κ2) is 8.76. The predicted octanol–water partition coefficient (Wildman–Crippen LogP) is 1.74. The number of hydrogen-bond donors (Lipinski definition) is 1. The molecule has 1 fully saturated rings. The molecule has 22 heavy (non-hydrogen) atoms. The minimum absolute atomic E-state index is 0.0111. The lowest BCUT2D eigenvalue weighted by atomic mass is 9.98. The van der Waals surface area contributed by atoms with Gasteiger partial charge in [0.05, 0.1) is 0 Å². The molecular formula is C16H28N2O4. The van der Waals surface area contributed by atoms with Gasteiger partial charge in [-0.05, 0) is 31.6 Å². The van der Waals surface area contributed by atoms with Crippen LogP contribution in [0.4, 0.5) is 0 Å². The molecule has 1 saturated heterocycles. The number of aliphatic carboxylic acids is 1. The number of likely N-dealkylation sites (tertiary alicyclic amines) is 1. The van der Waals surface area contributed by atoms with Crippen molar-refractivity contribution in [2.75, 3.05) is 19.6 Å². The van der Waals surface area contributed by atoms with E-state index in [2.05, 4.69) is 0 Å². The van der Waals surface area contributed by atoms with E-state index < -0.39 is 12.0 Å². The Balaban J connectivity index is 2.94. The van der Waals surface area contributed by atoms with Gasteiger partial charge in [-0.1, -0.05) is 20.8 Å². The molecule has 0 aromatic carbocycles. The Morgan fingerprint density at radius 3 is 2.50 bits per heavy atom. The first-order valence-electron chi connectivity index (χ1n) is 8.16. The van der Waals surface area contributed by atoms with Gasteiger partial charge in [0.15, 0.2) is 0 Å². The molecule has 6 heteroatoms. The van der Waals surface area contributed by atoms with Crippen molar-refractivity contribution in [1.29, 1.82) is 0 Å². The number of hydrogen-bond acceptors (Lipinski definition) is 3. The van der Waals surface area contributed by atoms with Crippen LogP contribution in [-0.4, -0.2) is 58.4 Å². The molecule has 6 nitrogen and oxygen atoms in total. The SMILES string of the molecule is CCCN(CC(=O)O)C(=O)C(CC(C)C)N1CCCCC1=O. The van der Waals surface area contributed by atoms with Gasteiger partial charge in [0.25, 0.3) is 0 Å². The second-order valence-corrected chi connectivity index (χ2v) is 6.34. The summed E-state index contributed by atoms with van der Waals surface area (Å²) in [7, 11) is 0. The van der Waals surface area contributed by atoms with E-state index in [4.69, 9.17) is 5.11 Å². The molecule has 0 aromatic heterocycles. The highest BCUT2D eigenvalue weighted by atomic mass is 16.4. The van der Waals surface area contributed by atoms with Crippen LogP contribution in [0, 0.1) is 5.92 Å². The van der Waals surface area contributed by atoms with Gasteiger partial charge in [-0.3, -0.25) is 14.4 Å². The molecule has 0 aromatic rings. The summed E-state index contributed by atoms with van der Waals surface area (Å²) < 4.78 is 0. The van der Waals surface area contributed by atoms with Crippen LogP contribution in [0.5, 0.6) is 0 Å². The van der Waals surface area contributed by atoms with Gasteiger partial charge < -0.3 is 14.9 Å². The van der Waals surface area contributed by atoms with Crippen molar-refractivity contribution in [2.45, 2.75) is 58.9 Å². The Bertz CT molecular complexity index is 409. The number of nitrogens with zero attached hydrogens (tertiary/aromatic N) is 2. The maximum atomic E-state index is 12.8. The standard InChI is InChI=1S/C16H28N2O4/c1-4-8-17(11-15(20)21)16(22)13(10-12(2)3)18-9-6-5-7-14(18)19/h12-13H,4-11H2,1-3H3,(H,20,21). The number of carbonyl (C=O) groups excluding carboxylic acids is 2.